The van der Waals surface area contributed by atoms with Crippen molar-refractivity contribution in [3.05, 3.63) is 22.3 Å². The van der Waals surface area contributed by atoms with Gasteiger partial charge in [0, 0.05) is 0 Å². The van der Waals surface area contributed by atoms with Crippen molar-refractivity contribution in [2.45, 2.75) is 93.9 Å². The highest BCUT2D eigenvalue weighted by Gasteiger charge is 1.95. The summed E-state index contributed by atoms with van der Waals surface area (Å²) in [5, 5.41) is 0. The van der Waals surface area contributed by atoms with Crippen LogP contribution in [0.2, 0.25) is 0 Å². The zero-order valence-electron chi connectivity index (χ0n) is 14.2. The summed E-state index contributed by atoms with van der Waals surface area (Å²) in [6.45, 7) is 17.7. The maximum atomic E-state index is 2.24. The van der Waals surface area contributed by atoms with Crippen LogP contribution >= 0.6 is 0 Å². The number of unbranched alkanes of at least 4 members (excludes halogenated alkanes) is 2. The minimum Gasteiger partial charge on any atom is -0.0775 e. The second-order valence-corrected chi connectivity index (χ2v) is 5.77. The largest absolute Gasteiger partial charge is 0.0775 e. The Kier molecular flexibility index (Phi) is 14.2. The maximum Gasteiger partial charge on any atom is -0.0318 e. The molecule has 0 aromatic heterocycles. The Morgan fingerprint density at radius 2 is 0.889 bits per heavy atom. The van der Waals surface area contributed by atoms with E-state index in [2.05, 4.69) is 55.4 Å². The molecule has 0 radical (unpaired) electrons. The van der Waals surface area contributed by atoms with Gasteiger partial charge in [-0.3, -0.25) is 0 Å². The van der Waals surface area contributed by atoms with Crippen LogP contribution in [0.5, 0.6) is 0 Å². The molecule has 0 aromatic carbocycles. The summed E-state index contributed by atoms with van der Waals surface area (Å²) in [5.74, 6) is 0. The Bertz CT molecular complexity index is 219. The van der Waals surface area contributed by atoms with Crippen molar-refractivity contribution in [1.82, 2.24) is 0 Å². The molecule has 0 heteroatoms. The van der Waals surface area contributed by atoms with Gasteiger partial charge in [-0.15, -0.1) is 0 Å². The van der Waals surface area contributed by atoms with Gasteiger partial charge in [-0.2, -0.15) is 0 Å². The van der Waals surface area contributed by atoms with Gasteiger partial charge in [0.25, 0.3) is 0 Å². The first kappa shape index (κ1) is 19.8. The molecule has 18 heavy (non-hydrogen) atoms. The van der Waals surface area contributed by atoms with Crippen LogP contribution in [0.3, 0.4) is 0 Å². The van der Waals surface area contributed by atoms with Crippen molar-refractivity contribution in [2.24, 2.45) is 0 Å². The van der Waals surface area contributed by atoms with E-state index in [-0.39, 0.29) is 0 Å². The fourth-order valence-electron chi connectivity index (χ4n) is 1.47. The van der Waals surface area contributed by atoms with Crippen molar-refractivity contribution >= 4 is 0 Å². The van der Waals surface area contributed by atoms with E-state index >= 15 is 0 Å². The van der Waals surface area contributed by atoms with Crippen molar-refractivity contribution in [2.75, 3.05) is 0 Å². The molecule has 0 saturated carbocycles. The average Bonchev–Trinajstić information content (AvgIpc) is 2.30. The Morgan fingerprint density at radius 3 is 1.06 bits per heavy atom. The molecule has 108 valence electrons. The third-order valence-electron chi connectivity index (χ3n) is 3.52. The zero-order valence-corrected chi connectivity index (χ0v) is 14.2. The van der Waals surface area contributed by atoms with Gasteiger partial charge in [0.1, 0.15) is 0 Å². The van der Waals surface area contributed by atoms with Crippen molar-refractivity contribution in [3.8, 4) is 0 Å². The van der Waals surface area contributed by atoms with E-state index in [0.717, 1.165) is 0 Å². The quantitative estimate of drug-likeness (QED) is 0.444. The molecule has 0 spiro atoms. The minimum absolute atomic E-state index is 1.26. The summed E-state index contributed by atoms with van der Waals surface area (Å²) >= 11 is 0. The number of hydrogen-bond donors (Lipinski definition) is 0. The first-order valence-electron chi connectivity index (χ1n) is 7.62. The lowest BCUT2D eigenvalue weighted by atomic mass is 10.0. The highest BCUT2D eigenvalue weighted by atomic mass is 14.0. The molecule has 0 heterocycles. The molecule has 0 aliphatic heterocycles. The van der Waals surface area contributed by atoms with E-state index in [1.165, 1.54) is 49.7 Å². The molecule has 0 aliphatic carbocycles. The van der Waals surface area contributed by atoms with E-state index in [1.807, 2.05) is 0 Å². The van der Waals surface area contributed by atoms with Gasteiger partial charge in [-0.1, -0.05) is 55.4 Å². The lowest BCUT2D eigenvalue weighted by molar-refractivity contribution is 0.772. The second-order valence-electron chi connectivity index (χ2n) is 5.77. The normalized spacial score (nSPS) is 9.33. The van der Waals surface area contributed by atoms with Crippen LogP contribution in [0.15, 0.2) is 22.3 Å². The molecule has 0 unspecified atom stereocenters. The van der Waals surface area contributed by atoms with E-state index in [9.17, 15) is 0 Å². The third kappa shape index (κ3) is 13.5. The first-order chi connectivity index (χ1) is 8.36. The molecule has 0 amide bonds. The Morgan fingerprint density at radius 1 is 0.556 bits per heavy atom. The SMILES string of the molecule is CC(C)=C(C)CCCC(C)=C(C)C.CCCCC. The summed E-state index contributed by atoms with van der Waals surface area (Å²) in [6, 6.07) is 0. The predicted molar refractivity (Wildman–Crippen MR) is 87.1 cm³/mol. The van der Waals surface area contributed by atoms with Crippen LogP contribution in [-0.4, -0.2) is 0 Å². The van der Waals surface area contributed by atoms with Gasteiger partial charge >= 0.3 is 0 Å². The van der Waals surface area contributed by atoms with Gasteiger partial charge in [-0.25, -0.2) is 0 Å². The molecule has 0 aliphatic rings. The fourth-order valence-corrected chi connectivity index (χ4v) is 1.47. The Labute approximate surface area is 117 Å². The topological polar surface area (TPSA) is 0 Å². The lowest BCUT2D eigenvalue weighted by Gasteiger charge is -2.05. The first-order valence-corrected chi connectivity index (χ1v) is 7.62. The van der Waals surface area contributed by atoms with E-state index in [4.69, 9.17) is 0 Å². The van der Waals surface area contributed by atoms with E-state index < -0.39 is 0 Å². The van der Waals surface area contributed by atoms with E-state index in [1.54, 1.807) is 11.1 Å². The second kappa shape index (κ2) is 12.9. The average molecular weight is 252 g/mol. The predicted octanol–water partition coefficient (Wildman–Crippen LogP) is 7.07. The molecular formula is C18H36. The summed E-state index contributed by atoms with van der Waals surface area (Å²) in [4.78, 5) is 0. The van der Waals surface area contributed by atoms with Gasteiger partial charge in [0.2, 0.25) is 0 Å². The molecule has 0 aromatic rings. The van der Waals surface area contributed by atoms with Crippen molar-refractivity contribution < 1.29 is 0 Å². The van der Waals surface area contributed by atoms with Gasteiger partial charge in [-0.05, 0) is 60.8 Å². The number of allylic oxidation sites excluding steroid dienone is 4. The summed E-state index contributed by atoms with van der Waals surface area (Å²) in [7, 11) is 0. The molecule has 0 saturated heterocycles. The molecular weight excluding hydrogens is 216 g/mol. The van der Waals surface area contributed by atoms with E-state index in [0.29, 0.717) is 0 Å². The number of rotatable bonds is 6. The smallest absolute Gasteiger partial charge is 0.0318 e. The Hall–Kier alpha value is -0.520. The highest BCUT2D eigenvalue weighted by Crippen LogP contribution is 2.16. The van der Waals surface area contributed by atoms with Crippen LogP contribution in [-0.2, 0) is 0 Å². The Balaban J connectivity index is 0. The molecule has 0 bridgehead atoms. The summed E-state index contributed by atoms with van der Waals surface area (Å²) in [5.41, 5.74) is 6.08. The lowest BCUT2D eigenvalue weighted by Crippen LogP contribution is -1.85. The summed E-state index contributed by atoms with van der Waals surface area (Å²) < 4.78 is 0. The molecule has 0 fully saturated rings. The molecule has 0 N–H and O–H groups in total. The van der Waals surface area contributed by atoms with Gasteiger partial charge < -0.3 is 0 Å². The van der Waals surface area contributed by atoms with Crippen molar-refractivity contribution in [1.29, 1.82) is 0 Å². The molecule has 0 rings (SSSR count). The zero-order chi connectivity index (χ0) is 14.6. The molecule has 0 atom stereocenters. The van der Waals surface area contributed by atoms with Crippen LogP contribution in [0.4, 0.5) is 0 Å². The van der Waals surface area contributed by atoms with Crippen LogP contribution in [0.25, 0.3) is 0 Å². The third-order valence-corrected chi connectivity index (χ3v) is 3.52. The van der Waals surface area contributed by atoms with Gasteiger partial charge in [0.15, 0.2) is 0 Å². The fraction of sp³-hybridized carbons (Fsp3) is 0.778. The number of hydrogen-bond acceptors (Lipinski definition) is 0. The standard InChI is InChI=1S/C13H24.C5H12/c1-10(2)12(5)8-7-9-13(6)11(3)4;1-3-5-4-2/h7-9H2,1-6H3;3-5H2,1-2H3. The minimum atomic E-state index is 1.26. The van der Waals surface area contributed by atoms with Crippen LogP contribution in [0, 0.1) is 0 Å². The van der Waals surface area contributed by atoms with Gasteiger partial charge in [0.05, 0.1) is 0 Å². The molecule has 0 nitrogen and oxygen atoms in total. The maximum absolute atomic E-state index is 2.24. The summed E-state index contributed by atoms with van der Waals surface area (Å²) in [6.07, 6.45) is 7.89. The van der Waals surface area contributed by atoms with Crippen LogP contribution < -0.4 is 0 Å². The highest BCUT2D eigenvalue weighted by molar-refractivity contribution is 5.09. The van der Waals surface area contributed by atoms with Crippen LogP contribution in [0.1, 0.15) is 93.9 Å². The monoisotopic (exact) mass is 252 g/mol. The van der Waals surface area contributed by atoms with Crippen molar-refractivity contribution in [3.63, 3.8) is 0 Å².